The highest BCUT2D eigenvalue weighted by Crippen LogP contribution is 2.55. The van der Waals surface area contributed by atoms with Crippen molar-refractivity contribution in [3.05, 3.63) is 272 Å². The maximum atomic E-state index is 7.25. The van der Waals surface area contributed by atoms with E-state index in [-0.39, 0.29) is 0 Å². The van der Waals surface area contributed by atoms with Gasteiger partial charge in [-0.1, -0.05) is 213 Å². The topological polar surface area (TPSA) is 41.6 Å². The highest BCUT2D eigenvalue weighted by molar-refractivity contribution is 7.47. The first-order chi connectivity index (χ1) is 43.8. The van der Waals surface area contributed by atoms with E-state index in [4.69, 9.17) is 8.83 Å². The number of fused-ring (bicyclic) bond motifs is 18. The van der Waals surface area contributed by atoms with Gasteiger partial charge in [0, 0.05) is 118 Å². The number of benzene rings is 13. The molecule has 0 aliphatic heterocycles. The number of rotatable bonds is 9. The normalized spacial score (nSPS) is 13.1. The van der Waals surface area contributed by atoms with Crippen molar-refractivity contribution in [2.45, 2.75) is 13.5 Å². The van der Waals surface area contributed by atoms with Crippen molar-refractivity contribution in [3.8, 4) is 22.3 Å². The summed E-state index contributed by atoms with van der Waals surface area (Å²) in [6.45, 7) is 4.66. The Morgan fingerprint density at radius 1 is 0.326 bits per heavy atom. The van der Waals surface area contributed by atoms with Gasteiger partial charge in [-0.15, -0.1) is 0 Å². The molecule has 0 unspecified atom stereocenters. The first kappa shape index (κ1) is 50.5. The van der Waals surface area contributed by atoms with Crippen LogP contribution in [0.25, 0.3) is 142 Å². The van der Waals surface area contributed by atoms with Crippen LogP contribution in [-0.4, -0.2) is 35.4 Å². The molecule has 6 heterocycles. The van der Waals surface area contributed by atoms with E-state index in [0.29, 0.717) is 0 Å². The molecule has 0 fully saturated rings. The van der Waals surface area contributed by atoms with Crippen LogP contribution >= 0.6 is 0 Å². The minimum absolute atomic E-state index is 0.861. The molecule has 0 saturated heterocycles. The number of furan rings is 2. The van der Waals surface area contributed by atoms with Gasteiger partial charge in [-0.25, -0.2) is 0 Å². The first-order valence-corrected chi connectivity index (χ1v) is 40.3. The molecular formula is C80H56N4O2Si3. The van der Waals surface area contributed by atoms with Gasteiger partial charge in [0.25, 0.3) is 0 Å². The monoisotopic (exact) mass is 1190 g/mol. The Morgan fingerprint density at radius 2 is 0.708 bits per heavy atom. The summed E-state index contributed by atoms with van der Waals surface area (Å²) in [5.41, 5.74) is 23.0. The lowest BCUT2D eigenvalue weighted by atomic mass is 9.89. The van der Waals surface area contributed by atoms with E-state index in [2.05, 4.69) is 299 Å². The lowest BCUT2D eigenvalue weighted by Gasteiger charge is -2.25. The average Bonchev–Trinajstić information content (AvgIpc) is 1.51. The summed E-state index contributed by atoms with van der Waals surface area (Å²) < 4.78 is 19.5. The Balaban J connectivity index is 0.941. The van der Waals surface area contributed by atoms with Crippen LogP contribution in [0.2, 0.25) is 6.55 Å². The third-order valence-corrected chi connectivity index (χ3v) is 24.4. The number of nitrogens with zero attached hydrogens (tertiary/aromatic N) is 4. The minimum Gasteiger partial charge on any atom is -0.454 e. The Labute approximate surface area is 518 Å². The summed E-state index contributed by atoms with van der Waals surface area (Å²) >= 11 is 0. The maximum Gasteiger partial charge on any atom is 0.159 e. The molecule has 420 valence electrons. The average molecular weight is 1190 g/mol. The van der Waals surface area contributed by atoms with Crippen molar-refractivity contribution in [2.24, 2.45) is 0 Å². The molecular weight excluding hydrogens is 1130 g/mol. The van der Waals surface area contributed by atoms with Crippen molar-refractivity contribution in [3.63, 3.8) is 0 Å². The molecule has 0 aliphatic carbocycles. The first-order valence-electron chi connectivity index (χ1n) is 30.8. The summed E-state index contributed by atoms with van der Waals surface area (Å²) in [6.07, 6.45) is 0. The standard InChI is InChI=1S/C80H56N4O2Si3/c1-47-21-15-32-58-59-33-18-38-64(78(59)85-77(47)58)81(50-26-11-5-12-27-50)52-41-43-54-56-30-16-36-62-71-70(49-24-9-4-10-25-49)76-72(69(48-22-7-3-8-23-48)75(71)83(73(56)62)66(54)45-52)63-37-17-31-57-55-44-42-53(46-67(55)84(76)74(57)63)82(51-28-13-6-14-29-51)65-39-19-34-60-61-35-20-40-68(89(2,87)88)80(61)86-79(60)65/h3-46H,1-2,87-88H3. The van der Waals surface area contributed by atoms with Crippen LogP contribution in [0, 0.1) is 6.92 Å². The van der Waals surface area contributed by atoms with Crippen molar-refractivity contribution in [1.29, 1.82) is 0 Å². The summed E-state index contributed by atoms with van der Waals surface area (Å²) in [5, 5.41) is 15.8. The Morgan fingerprint density at radius 3 is 1.18 bits per heavy atom. The van der Waals surface area contributed by atoms with Crippen molar-refractivity contribution in [2.75, 3.05) is 9.80 Å². The highest BCUT2D eigenvalue weighted by Gasteiger charge is 2.32. The van der Waals surface area contributed by atoms with Crippen molar-refractivity contribution >= 4 is 186 Å². The number of para-hydroxylation sites is 8. The lowest BCUT2D eigenvalue weighted by Crippen LogP contribution is -2.47. The van der Waals surface area contributed by atoms with Crippen LogP contribution in [0.15, 0.2) is 276 Å². The number of aromatic nitrogens is 2. The highest BCUT2D eigenvalue weighted by atomic mass is 29.6. The van der Waals surface area contributed by atoms with E-state index in [1.807, 2.05) is 0 Å². The van der Waals surface area contributed by atoms with E-state index in [9.17, 15) is 0 Å². The zero-order valence-corrected chi connectivity index (χ0v) is 54.5. The predicted molar refractivity (Wildman–Crippen MR) is 386 cm³/mol. The second kappa shape index (κ2) is 18.7. The molecule has 19 rings (SSSR count). The summed E-state index contributed by atoms with van der Waals surface area (Å²) in [4.78, 5) is 4.80. The van der Waals surface area contributed by atoms with Gasteiger partial charge in [0.1, 0.15) is 11.2 Å². The van der Waals surface area contributed by atoms with Gasteiger partial charge in [-0.05, 0) is 89.5 Å². The van der Waals surface area contributed by atoms with Crippen LogP contribution in [0.1, 0.15) is 5.56 Å². The molecule has 0 amide bonds. The fourth-order valence-corrected chi connectivity index (χ4v) is 19.3. The quantitative estimate of drug-likeness (QED) is 0.135. The number of hydrogen-bond acceptors (Lipinski definition) is 4. The van der Waals surface area contributed by atoms with Crippen LogP contribution < -0.4 is 15.0 Å². The Kier molecular flexibility index (Phi) is 10.6. The second-order valence-electron chi connectivity index (χ2n) is 25.1. The molecule has 19 aromatic rings. The van der Waals surface area contributed by atoms with E-state index in [1.54, 1.807) is 0 Å². The number of hydrogen-bond donors (Lipinski definition) is 0. The Bertz CT molecular complexity index is 6100. The Hall–Kier alpha value is -10.7. The van der Waals surface area contributed by atoms with Gasteiger partial charge in [0.05, 0.1) is 51.6 Å². The van der Waals surface area contributed by atoms with Crippen LogP contribution in [0.4, 0.5) is 34.1 Å². The van der Waals surface area contributed by atoms with Crippen LogP contribution in [0.5, 0.6) is 0 Å². The molecule has 0 spiro atoms. The van der Waals surface area contributed by atoms with Gasteiger partial charge in [0.15, 0.2) is 11.2 Å². The van der Waals surface area contributed by atoms with Gasteiger partial charge in [-0.3, -0.25) is 0 Å². The third kappa shape index (κ3) is 7.05. The molecule has 6 aromatic heterocycles. The fraction of sp³-hybridized carbons (Fsp3) is 0.0250. The molecule has 13 aromatic carbocycles. The van der Waals surface area contributed by atoms with Gasteiger partial charge in [0.2, 0.25) is 0 Å². The van der Waals surface area contributed by atoms with E-state index < -0.39 is 7.11 Å². The molecule has 0 N–H and O–H groups in total. The lowest BCUT2D eigenvalue weighted by molar-refractivity contribution is 0.666. The molecule has 89 heavy (non-hydrogen) atoms. The van der Waals surface area contributed by atoms with Gasteiger partial charge in [-0.2, -0.15) is 0 Å². The third-order valence-electron chi connectivity index (χ3n) is 19.1. The number of anilines is 6. The molecule has 0 saturated carbocycles. The van der Waals surface area contributed by atoms with Crippen molar-refractivity contribution in [1.82, 2.24) is 8.80 Å². The summed E-state index contributed by atoms with van der Waals surface area (Å²) in [6, 6.07) is 98.7. The van der Waals surface area contributed by atoms with E-state index >= 15 is 0 Å². The zero-order valence-electron chi connectivity index (χ0n) is 49.5. The zero-order chi connectivity index (χ0) is 59.0. The van der Waals surface area contributed by atoms with Crippen LogP contribution in [0.3, 0.4) is 0 Å². The smallest absolute Gasteiger partial charge is 0.159 e. The second-order valence-corrected chi connectivity index (χ2v) is 51.2. The largest absolute Gasteiger partial charge is 0.454 e. The SMILES string of the molecule is Cc1cccc2c1oc1c(N(c3ccccc3)c3ccc4c5cccc6c7c(-c8ccccc8)c8c(c(-c9ccccc9)c7n(c4c3)c56)c3cccc4c5ccc(N(c6ccccc6)c6cccc7c6oc6c([Si](C)([SiH3])[SiH3])cccc67)cc5n8c43)cccc12. The van der Waals surface area contributed by atoms with Gasteiger partial charge < -0.3 is 27.4 Å². The van der Waals surface area contributed by atoms with Crippen molar-refractivity contribution < 1.29 is 8.83 Å². The fourth-order valence-electron chi connectivity index (χ4n) is 15.4. The molecule has 9 heteroatoms. The van der Waals surface area contributed by atoms with Gasteiger partial charge >= 0.3 is 0 Å². The molecule has 6 nitrogen and oxygen atoms in total. The van der Waals surface area contributed by atoms with E-state index in [1.165, 1.54) is 118 Å². The molecule has 0 radical (unpaired) electrons. The van der Waals surface area contributed by atoms with E-state index in [0.717, 1.165) is 89.2 Å². The predicted octanol–water partition coefficient (Wildman–Crippen LogP) is 19.4. The molecule has 0 bridgehead atoms. The number of aryl methyl sites for hydroxylation is 1. The van der Waals surface area contributed by atoms with Crippen LogP contribution in [-0.2, 0) is 0 Å². The maximum absolute atomic E-state index is 7.25. The summed E-state index contributed by atoms with van der Waals surface area (Å²) in [7, 11) is 0.879. The summed E-state index contributed by atoms with van der Waals surface area (Å²) in [5.74, 6) is 0. The molecule has 0 aliphatic rings. The molecule has 0 atom stereocenters. The minimum atomic E-state index is -1.50.